The minimum atomic E-state index is -0.704. The van der Waals surface area contributed by atoms with Gasteiger partial charge in [-0.15, -0.1) is 0 Å². The molecule has 1 N–H and O–H groups in total. The first-order valence-corrected chi connectivity index (χ1v) is 8.07. The molecule has 2 fully saturated rings. The first-order valence-electron chi connectivity index (χ1n) is 8.07. The van der Waals surface area contributed by atoms with Gasteiger partial charge in [0, 0.05) is 19.2 Å². The van der Waals surface area contributed by atoms with Crippen molar-refractivity contribution in [2.24, 2.45) is 11.3 Å². The summed E-state index contributed by atoms with van der Waals surface area (Å²) in [7, 11) is 0. The number of aromatic nitrogens is 1. The average molecular weight is 318 g/mol. The second-order valence-electron chi connectivity index (χ2n) is 6.78. The van der Waals surface area contributed by atoms with Gasteiger partial charge in [-0.2, -0.15) is 0 Å². The van der Waals surface area contributed by atoms with E-state index in [-0.39, 0.29) is 23.3 Å². The highest BCUT2D eigenvalue weighted by atomic mass is 16.5. The predicted octanol–water partition coefficient (Wildman–Crippen LogP) is 2.20. The molecule has 1 saturated heterocycles. The van der Waals surface area contributed by atoms with Crippen LogP contribution in [0.4, 0.5) is 0 Å². The Hall–Kier alpha value is -2.11. The minimum absolute atomic E-state index is 0.00511. The van der Waals surface area contributed by atoms with Gasteiger partial charge < -0.3 is 14.7 Å². The molecule has 1 aromatic heterocycles. The van der Waals surface area contributed by atoms with E-state index in [2.05, 4.69) is 4.98 Å². The van der Waals surface area contributed by atoms with Crippen molar-refractivity contribution in [1.82, 2.24) is 9.88 Å². The van der Waals surface area contributed by atoms with E-state index in [9.17, 15) is 9.59 Å². The Labute approximate surface area is 135 Å². The van der Waals surface area contributed by atoms with Gasteiger partial charge in [-0.25, -0.2) is 4.98 Å². The van der Waals surface area contributed by atoms with Crippen molar-refractivity contribution in [3.8, 4) is 5.88 Å². The van der Waals surface area contributed by atoms with Crippen molar-refractivity contribution in [2.45, 2.75) is 39.2 Å². The minimum Gasteiger partial charge on any atom is -0.481 e. The maximum Gasteiger partial charge on any atom is 0.307 e. The molecular formula is C17H22N2O4. The molecule has 1 aliphatic carbocycles. The number of carbonyl (C=O) groups excluding carboxylic acids is 1. The Morgan fingerprint density at radius 3 is 2.61 bits per heavy atom. The molecule has 0 radical (unpaired) electrons. The summed E-state index contributed by atoms with van der Waals surface area (Å²) in [6.07, 6.45) is 2.28. The fraction of sp³-hybridized carbons (Fsp3) is 0.588. The van der Waals surface area contributed by atoms with Crippen LogP contribution in [0.3, 0.4) is 0 Å². The zero-order chi connectivity index (χ0) is 16.6. The van der Waals surface area contributed by atoms with E-state index >= 15 is 0 Å². The van der Waals surface area contributed by atoms with Crippen LogP contribution in [0.1, 0.15) is 43.6 Å². The summed E-state index contributed by atoms with van der Waals surface area (Å²) >= 11 is 0. The van der Waals surface area contributed by atoms with Gasteiger partial charge in [-0.05, 0) is 44.6 Å². The van der Waals surface area contributed by atoms with E-state index < -0.39 is 5.97 Å². The summed E-state index contributed by atoms with van der Waals surface area (Å²) in [5.41, 5.74) is 0.309. The molecule has 0 unspecified atom stereocenters. The number of nitrogens with zero attached hydrogens (tertiary/aromatic N) is 2. The molecule has 1 atom stereocenters. The third-order valence-corrected chi connectivity index (χ3v) is 4.83. The maximum absolute atomic E-state index is 12.6. The van der Waals surface area contributed by atoms with Gasteiger partial charge in [0.25, 0.3) is 5.91 Å². The van der Waals surface area contributed by atoms with Gasteiger partial charge >= 0.3 is 5.97 Å². The van der Waals surface area contributed by atoms with Crippen LogP contribution in [-0.2, 0) is 4.79 Å². The number of carboxylic acids is 1. The smallest absolute Gasteiger partial charge is 0.307 e. The molecule has 1 saturated carbocycles. The molecule has 2 heterocycles. The molecule has 1 amide bonds. The largest absolute Gasteiger partial charge is 0.481 e. The molecule has 23 heavy (non-hydrogen) atoms. The maximum atomic E-state index is 12.6. The van der Waals surface area contributed by atoms with Crippen LogP contribution in [0, 0.1) is 11.3 Å². The highest BCUT2D eigenvalue weighted by Crippen LogP contribution is 2.59. The molecule has 3 rings (SSSR count). The van der Waals surface area contributed by atoms with Crippen molar-refractivity contribution >= 4 is 11.9 Å². The van der Waals surface area contributed by atoms with Gasteiger partial charge in [-0.1, -0.05) is 6.07 Å². The zero-order valence-electron chi connectivity index (χ0n) is 13.5. The summed E-state index contributed by atoms with van der Waals surface area (Å²) in [6, 6.07) is 5.20. The van der Waals surface area contributed by atoms with Crippen molar-refractivity contribution in [2.75, 3.05) is 13.1 Å². The molecule has 1 aromatic rings. The first-order chi connectivity index (χ1) is 10.9. The number of pyridine rings is 1. The highest BCUT2D eigenvalue weighted by molar-refractivity contribution is 5.92. The number of carboxylic acid groups (broad SMARTS) is 1. The second kappa shape index (κ2) is 5.83. The van der Waals surface area contributed by atoms with Gasteiger partial charge in [0.15, 0.2) is 0 Å². The number of hydrogen-bond acceptors (Lipinski definition) is 4. The fourth-order valence-electron chi connectivity index (χ4n) is 3.41. The predicted molar refractivity (Wildman–Crippen MR) is 83.3 cm³/mol. The summed E-state index contributed by atoms with van der Waals surface area (Å²) in [4.78, 5) is 29.7. The topological polar surface area (TPSA) is 79.7 Å². The van der Waals surface area contributed by atoms with E-state index in [1.807, 2.05) is 13.8 Å². The van der Waals surface area contributed by atoms with Crippen LogP contribution < -0.4 is 4.74 Å². The highest BCUT2D eigenvalue weighted by Gasteiger charge is 2.59. The lowest BCUT2D eigenvalue weighted by atomic mass is 9.90. The number of aliphatic carboxylic acids is 1. The third kappa shape index (κ3) is 3.16. The molecule has 1 spiro atoms. The summed E-state index contributed by atoms with van der Waals surface area (Å²) in [5, 5.41) is 9.12. The lowest BCUT2D eigenvalue weighted by Gasteiger charge is -2.32. The number of rotatable bonds is 4. The van der Waals surface area contributed by atoms with E-state index in [4.69, 9.17) is 9.84 Å². The van der Waals surface area contributed by atoms with E-state index in [0.717, 1.165) is 19.3 Å². The fourth-order valence-corrected chi connectivity index (χ4v) is 3.41. The van der Waals surface area contributed by atoms with Crippen molar-refractivity contribution in [3.05, 3.63) is 23.9 Å². The number of amides is 1. The van der Waals surface area contributed by atoms with Crippen molar-refractivity contribution < 1.29 is 19.4 Å². The lowest BCUT2D eigenvalue weighted by Crippen LogP contribution is -2.40. The molecule has 2 aliphatic rings. The van der Waals surface area contributed by atoms with Crippen LogP contribution in [0.15, 0.2) is 18.2 Å². The third-order valence-electron chi connectivity index (χ3n) is 4.83. The monoisotopic (exact) mass is 318 g/mol. The van der Waals surface area contributed by atoms with Crippen LogP contribution in [0.5, 0.6) is 5.88 Å². The number of ether oxygens (including phenoxy) is 1. The average Bonchev–Trinajstić information content (AvgIpc) is 3.21. The summed E-state index contributed by atoms with van der Waals surface area (Å²) in [6.45, 7) is 5.02. The van der Waals surface area contributed by atoms with Gasteiger partial charge in [-0.3, -0.25) is 9.59 Å². The molecule has 0 bridgehead atoms. The molecule has 1 aliphatic heterocycles. The van der Waals surface area contributed by atoms with E-state index in [1.54, 1.807) is 23.1 Å². The lowest BCUT2D eigenvalue weighted by molar-refractivity contribution is -0.139. The van der Waals surface area contributed by atoms with E-state index in [1.165, 1.54) is 0 Å². The Bertz CT molecular complexity index is 621. The number of carbonyl (C=O) groups is 2. The standard InChI is InChI=1S/C17H22N2O4/c1-11(2)23-14-5-3-4-13(18-14)15(20)19-8-6-17(7-9-19)10-12(17)16(21)22/h3-5,11-12H,6-10H2,1-2H3,(H,21,22)/t12-/m0/s1. The number of piperidine rings is 1. The van der Waals surface area contributed by atoms with Crippen molar-refractivity contribution in [3.63, 3.8) is 0 Å². The number of likely N-dealkylation sites (tertiary alicyclic amines) is 1. The van der Waals surface area contributed by atoms with E-state index in [0.29, 0.717) is 24.7 Å². The van der Waals surface area contributed by atoms with Crippen LogP contribution in [0.2, 0.25) is 0 Å². The van der Waals surface area contributed by atoms with Crippen LogP contribution >= 0.6 is 0 Å². The van der Waals surface area contributed by atoms with Crippen molar-refractivity contribution in [1.29, 1.82) is 0 Å². The molecular weight excluding hydrogens is 296 g/mol. The molecule has 124 valence electrons. The van der Waals surface area contributed by atoms with Gasteiger partial charge in [0.1, 0.15) is 5.69 Å². The SMILES string of the molecule is CC(C)Oc1cccc(C(=O)N2CCC3(CC2)C[C@H]3C(=O)O)n1. The Morgan fingerprint density at radius 1 is 1.35 bits per heavy atom. The first kappa shape index (κ1) is 15.8. The molecule has 6 heteroatoms. The normalized spacial score (nSPS) is 22.2. The summed E-state index contributed by atoms with van der Waals surface area (Å²) < 4.78 is 5.53. The Morgan fingerprint density at radius 2 is 2.04 bits per heavy atom. The van der Waals surface area contributed by atoms with Crippen LogP contribution in [0.25, 0.3) is 0 Å². The quantitative estimate of drug-likeness (QED) is 0.920. The Kier molecular flexibility index (Phi) is 4.00. The van der Waals surface area contributed by atoms with Crippen LogP contribution in [-0.4, -0.2) is 46.1 Å². The second-order valence-corrected chi connectivity index (χ2v) is 6.78. The Balaban J connectivity index is 1.63. The van der Waals surface area contributed by atoms with Gasteiger partial charge in [0.2, 0.25) is 5.88 Å². The number of hydrogen-bond donors (Lipinski definition) is 1. The zero-order valence-corrected chi connectivity index (χ0v) is 13.5. The summed E-state index contributed by atoms with van der Waals surface area (Å²) in [5.74, 6) is -0.584. The van der Waals surface area contributed by atoms with Gasteiger partial charge in [0.05, 0.1) is 12.0 Å². The molecule has 6 nitrogen and oxygen atoms in total. The molecule has 0 aromatic carbocycles.